The van der Waals surface area contributed by atoms with Crippen LogP contribution in [-0.2, 0) is 19.0 Å². The summed E-state index contributed by atoms with van der Waals surface area (Å²) in [6.07, 6.45) is 1.88. The van der Waals surface area contributed by atoms with Crippen LogP contribution in [0.4, 0.5) is 9.59 Å². The van der Waals surface area contributed by atoms with Gasteiger partial charge in [0.2, 0.25) is 0 Å². The molecule has 0 aromatic rings. The number of ether oxygens (including phenoxy) is 3. The van der Waals surface area contributed by atoms with Gasteiger partial charge < -0.3 is 19.3 Å². The second-order valence-electron chi connectivity index (χ2n) is 8.96. The van der Waals surface area contributed by atoms with Crippen LogP contribution in [0.25, 0.3) is 0 Å². The molecule has 0 fully saturated rings. The lowest BCUT2D eigenvalue weighted by Crippen LogP contribution is -2.57. The highest BCUT2D eigenvalue weighted by atomic mass is 16.7. The molecule has 2 atom stereocenters. The van der Waals surface area contributed by atoms with Gasteiger partial charge in [-0.1, -0.05) is 12.2 Å². The highest BCUT2D eigenvalue weighted by molar-refractivity contribution is 5.71. The SMILES string of the molecule is C=CCON(C(=O)OC(C)(C)C)[C@H]1CN(C(=O)OC(C)(C)C)[C@@H](CO)C=C1COC. The summed E-state index contributed by atoms with van der Waals surface area (Å²) < 4.78 is 16.2. The Hall–Kier alpha value is -2.10. The third kappa shape index (κ3) is 7.97. The smallest absolute Gasteiger partial charge is 0.435 e. The normalized spacial score (nSPS) is 19.7. The maximum absolute atomic E-state index is 12.9. The number of carbonyl (C=O) groups is 2. The Bertz CT molecular complexity index is 634. The van der Waals surface area contributed by atoms with E-state index in [1.807, 2.05) is 0 Å². The average molecular weight is 429 g/mol. The summed E-state index contributed by atoms with van der Waals surface area (Å²) in [6.45, 7) is 14.1. The van der Waals surface area contributed by atoms with Gasteiger partial charge in [0.25, 0.3) is 0 Å². The van der Waals surface area contributed by atoms with Crippen LogP contribution >= 0.6 is 0 Å². The molecule has 1 aliphatic rings. The Morgan fingerprint density at radius 1 is 1.23 bits per heavy atom. The number of aliphatic hydroxyl groups excluding tert-OH is 1. The van der Waals surface area contributed by atoms with E-state index in [0.29, 0.717) is 5.57 Å². The van der Waals surface area contributed by atoms with Gasteiger partial charge in [-0.05, 0) is 47.1 Å². The maximum atomic E-state index is 12.9. The van der Waals surface area contributed by atoms with Crippen molar-refractivity contribution in [2.24, 2.45) is 0 Å². The summed E-state index contributed by atoms with van der Waals surface area (Å²) in [6, 6.07) is -1.32. The lowest BCUT2D eigenvalue weighted by Gasteiger charge is -2.42. The van der Waals surface area contributed by atoms with Crippen molar-refractivity contribution in [3.05, 3.63) is 24.3 Å². The molecule has 1 rings (SSSR count). The van der Waals surface area contributed by atoms with Crippen molar-refractivity contribution < 1.29 is 33.7 Å². The molecule has 0 spiro atoms. The summed E-state index contributed by atoms with van der Waals surface area (Å²) in [4.78, 5) is 32.6. The molecule has 1 aliphatic heterocycles. The molecule has 172 valence electrons. The van der Waals surface area contributed by atoms with E-state index in [0.717, 1.165) is 5.06 Å². The van der Waals surface area contributed by atoms with E-state index in [1.165, 1.54) is 18.1 Å². The Labute approximate surface area is 179 Å². The van der Waals surface area contributed by atoms with Gasteiger partial charge >= 0.3 is 12.2 Å². The molecule has 0 saturated carbocycles. The number of amides is 2. The average Bonchev–Trinajstić information content (AvgIpc) is 2.59. The first-order valence-electron chi connectivity index (χ1n) is 9.89. The van der Waals surface area contributed by atoms with Crippen molar-refractivity contribution in [1.29, 1.82) is 0 Å². The predicted octanol–water partition coefficient (Wildman–Crippen LogP) is 2.89. The molecule has 30 heavy (non-hydrogen) atoms. The van der Waals surface area contributed by atoms with Gasteiger partial charge in [0.05, 0.1) is 32.4 Å². The highest BCUT2D eigenvalue weighted by Crippen LogP contribution is 2.26. The van der Waals surface area contributed by atoms with Crippen LogP contribution in [0.3, 0.4) is 0 Å². The number of methoxy groups -OCH3 is 1. The first kappa shape index (κ1) is 25.9. The lowest BCUT2D eigenvalue weighted by molar-refractivity contribution is -0.161. The molecule has 0 aromatic carbocycles. The van der Waals surface area contributed by atoms with Crippen LogP contribution in [0.15, 0.2) is 24.3 Å². The maximum Gasteiger partial charge on any atom is 0.435 e. The number of nitrogens with zero attached hydrogens (tertiary/aromatic N) is 2. The second kappa shape index (κ2) is 10.8. The Balaban J connectivity index is 3.30. The van der Waals surface area contributed by atoms with E-state index in [2.05, 4.69) is 6.58 Å². The zero-order valence-corrected chi connectivity index (χ0v) is 19.1. The monoisotopic (exact) mass is 428 g/mol. The molecule has 0 bridgehead atoms. The van der Waals surface area contributed by atoms with Gasteiger partial charge in [-0.15, -0.1) is 6.58 Å². The van der Waals surface area contributed by atoms with E-state index < -0.39 is 35.5 Å². The second-order valence-corrected chi connectivity index (χ2v) is 8.96. The molecule has 2 amide bonds. The van der Waals surface area contributed by atoms with Gasteiger partial charge in [-0.3, -0.25) is 9.74 Å². The molecular formula is C21H36N2O7. The number of rotatable bonds is 7. The standard InChI is InChI=1S/C21H36N2O7/c1-9-10-28-23(19(26)30-21(5,6)7)17-12-22(18(25)29-20(2,3)4)16(13-24)11-15(17)14-27-8/h9,11,16-17,24H,1,10,12-14H2,2-8H3/t16-,17+/m1/s1. The first-order chi connectivity index (χ1) is 13.8. The van der Waals surface area contributed by atoms with Gasteiger partial charge in [-0.25, -0.2) is 9.59 Å². The molecule has 1 heterocycles. The van der Waals surface area contributed by atoms with E-state index in [-0.39, 0.29) is 26.4 Å². The van der Waals surface area contributed by atoms with Gasteiger partial charge in [-0.2, -0.15) is 5.06 Å². The fourth-order valence-corrected chi connectivity index (χ4v) is 2.81. The molecule has 0 radical (unpaired) electrons. The third-order valence-corrected chi connectivity index (χ3v) is 3.92. The number of hydrogen-bond acceptors (Lipinski definition) is 7. The van der Waals surface area contributed by atoms with E-state index in [1.54, 1.807) is 47.6 Å². The minimum absolute atomic E-state index is 0.0335. The first-order valence-corrected chi connectivity index (χ1v) is 9.89. The summed E-state index contributed by atoms with van der Waals surface area (Å²) in [5.74, 6) is 0. The predicted molar refractivity (Wildman–Crippen MR) is 112 cm³/mol. The number of hydrogen-bond donors (Lipinski definition) is 1. The van der Waals surface area contributed by atoms with Crippen molar-refractivity contribution >= 4 is 12.2 Å². The Kier molecular flexibility index (Phi) is 9.33. The van der Waals surface area contributed by atoms with E-state index >= 15 is 0 Å². The summed E-state index contributed by atoms with van der Waals surface area (Å²) in [7, 11) is 1.52. The third-order valence-electron chi connectivity index (χ3n) is 3.92. The fourth-order valence-electron chi connectivity index (χ4n) is 2.81. The topological polar surface area (TPSA) is 97.8 Å². The van der Waals surface area contributed by atoms with Crippen LogP contribution in [0.2, 0.25) is 0 Å². The van der Waals surface area contributed by atoms with Gasteiger partial charge in [0.1, 0.15) is 17.2 Å². The van der Waals surface area contributed by atoms with Crippen LogP contribution < -0.4 is 0 Å². The van der Waals surface area contributed by atoms with Crippen LogP contribution in [0, 0.1) is 0 Å². The zero-order valence-electron chi connectivity index (χ0n) is 19.1. The zero-order chi connectivity index (χ0) is 23.1. The van der Waals surface area contributed by atoms with Crippen molar-refractivity contribution in [1.82, 2.24) is 9.96 Å². The van der Waals surface area contributed by atoms with Gasteiger partial charge in [0.15, 0.2) is 0 Å². The van der Waals surface area contributed by atoms with Crippen molar-refractivity contribution in [3.8, 4) is 0 Å². The lowest BCUT2D eigenvalue weighted by atomic mass is 9.98. The molecule has 9 nitrogen and oxygen atoms in total. The Morgan fingerprint density at radius 3 is 2.30 bits per heavy atom. The van der Waals surface area contributed by atoms with Gasteiger partial charge in [0, 0.05) is 7.11 Å². The molecular weight excluding hydrogens is 392 g/mol. The van der Waals surface area contributed by atoms with Crippen molar-refractivity contribution in [3.63, 3.8) is 0 Å². The molecule has 1 N–H and O–H groups in total. The van der Waals surface area contributed by atoms with Crippen LogP contribution in [0.1, 0.15) is 41.5 Å². The van der Waals surface area contributed by atoms with E-state index in [9.17, 15) is 14.7 Å². The number of aliphatic hydroxyl groups is 1. The Morgan fingerprint density at radius 2 is 1.83 bits per heavy atom. The fraction of sp³-hybridized carbons (Fsp3) is 0.714. The number of hydroxylamine groups is 2. The molecule has 0 aliphatic carbocycles. The summed E-state index contributed by atoms with van der Waals surface area (Å²) in [5, 5.41) is 10.9. The quantitative estimate of drug-likeness (QED) is 0.492. The minimum Gasteiger partial charge on any atom is -0.444 e. The minimum atomic E-state index is -0.745. The van der Waals surface area contributed by atoms with Crippen LogP contribution in [0.5, 0.6) is 0 Å². The van der Waals surface area contributed by atoms with Crippen molar-refractivity contribution in [2.45, 2.75) is 64.8 Å². The number of carbonyl (C=O) groups excluding carboxylic acids is 2. The van der Waals surface area contributed by atoms with Crippen LogP contribution in [-0.4, -0.2) is 84.0 Å². The van der Waals surface area contributed by atoms with Crippen molar-refractivity contribution in [2.75, 3.05) is 33.5 Å². The summed E-state index contributed by atoms with van der Waals surface area (Å²) in [5.41, 5.74) is -0.787. The largest absolute Gasteiger partial charge is 0.444 e. The summed E-state index contributed by atoms with van der Waals surface area (Å²) >= 11 is 0. The highest BCUT2D eigenvalue weighted by Gasteiger charge is 2.40. The molecule has 0 unspecified atom stereocenters. The van der Waals surface area contributed by atoms with E-state index in [4.69, 9.17) is 19.0 Å². The molecule has 9 heteroatoms. The molecule has 0 aromatic heterocycles. The molecule has 0 saturated heterocycles.